The smallest absolute Gasteiger partial charge is 0.246 e. The van der Waals surface area contributed by atoms with Crippen molar-refractivity contribution in [2.45, 2.75) is 66.3 Å². The maximum atomic E-state index is 3.54. The highest BCUT2D eigenvalue weighted by atomic mass is 15.1. The van der Waals surface area contributed by atoms with Crippen molar-refractivity contribution in [3.05, 3.63) is 11.8 Å². The molecule has 3 atom stereocenters. The number of rotatable bonds is 6. The molecule has 0 saturated heterocycles. The predicted octanol–water partition coefficient (Wildman–Crippen LogP) is 3.78. The van der Waals surface area contributed by atoms with Crippen molar-refractivity contribution >= 4 is 5.84 Å². The summed E-state index contributed by atoms with van der Waals surface area (Å²) in [5, 5.41) is 3.54. The van der Waals surface area contributed by atoms with Gasteiger partial charge in [-0.15, -0.1) is 0 Å². The highest BCUT2D eigenvalue weighted by Crippen LogP contribution is 2.23. The van der Waals surface area contributed by atoms with Gasteiger partial charge in [-0.05, 0) is 18.8 Å². The van der Waals surface area contributed by atoms with E-state index < -0.39 is 0 Å². The van der Waals surface area contributed by atoms with Crippen molar-refractivity contribution in [3.8, 4) is 0 Å². The lowest BCUT2D eigenvalue weighted by Gasteiger charge is -2.24. The first kappa shape index (κ1) is 15.3. The van der Waals surface area contributed by atoms with Crippen LogP contribution in [0.1, 0.15) is 60.3 Å². The molecule has 0 aliphatic carbocycles. The molecular formula is C16H31N2+. The first-order valence-corrected chi connectivity index (χ1v) is 7.55. The van der Waals surface area contributed by atoms with Crippen molar-refractivity contribution in [2.24, 2.45) is 11.8 Å². The second-order valence-corrected chi connectivity index (χ2v) is 5.89. The van der Waals surface area contributed by atoms with Gasteiger partial charge in [0.15, 0.2) is 0 Å². The van der Waals surface area contributed by atoms with E-state index in [9.17, 15) is 0 Å². The van der Waals surface area contributed by atoms with Crippen LogP contribution in [-0.2, 0) is 0 Å². The summed E-state index contributed by atoms with van der Waals surface area (Å²) in [7, 11) is 2.18. The van der Waals surface area contributed by atoms with E-state index in [1.54, 1.807) is 0 Å². The Balaban J connectivity index is 2.70. The molecular weight excluding hydrogens is 220 g/mol. The van der Waals surface area contributed by atoms with Crippen LogP contribution in [0.25, 0.3) is 0 Å². The summed E-state index contributed by atoms with van der Waals surface area (Å²) in [5.41, 5.74) is 1.50. The fourth-order valence-corrected chi connectivity index (χ4v) is 2.52. The van der Waals surface area contributed by atoms with Crippen molar-refractivity contribution in [2.75, 3.05) is 7.05 Å². The van der Waals surface area contributed by atoms with Gasteiger partial charge in [-0.2, -0.15) is 0 Å². The van der Waals surface area contributed by atoms with Crippen LogP contribution in [0, 0.1) is 11.8 Å². The van der Waals surface area contributed by atoms with Gasteiger partial charge >= 0.3 is 0 Å². The monoisotopic (exact) mass is 251 g/mol. The molecule has 0 spiro atoms. The Kier molecular flexibility index (Phi) is 5.90. The Morgan fingerprint density at radius 1 is 1.28 bits per heavy atom. The van der Waals surface area contributed by atoms with Crippen molar-refractivity contribution < 1.29 is 4.58 Å². The summed E-state index contributed by atoms with van der Waals surface area (Å²) in [5.74, 6) is 2.80. The molecule has 1 aliphatic heterocycles. The Hall–Kier alpha value is -0.790. The van der Waals surface area contributed by atoms with Gasteiger partial charge in [0, 0.05) is 18.9 Å². The number of nitrogens with one attached hydrogen (secondary N) is 1. The molecule has 0 bridgehead atoms. The van der Waals surface area contributed by atoms with Crippen LogP contribution in [0.3, 0.4) is 0 Å². The number of amidine groups is 1. The third-order valence-corrected chi connectivity index (χ3v) is 4.39. The maximum Gasteiger partial charge on any atom is 0.246 e. The molecule has 0 amide bonds. The Labute approximate surface area is 113 Å². The number of nitrogens with zero attached hydrogens (tertiary/aromatic N) is 1. The van der Waals surface area contributed by atoms with Crippen molar-refractivity contribution in [1.29, 1.82) is 0 Å². The zero-order chi connectivity index (χ0) is 13.7. The summed E-state index contributed by atoms with van der Waals surface area (Å²) in [4.78, 5) is 0. The minimum absolute atomic E-state index is 0.516. The predicted molar refractivity (Wildman–Crippen MR) is 80.0 cm³/mol. The third-order valence-electron chi connectivity index (χ3n) is 4.39. The average Bonchev–Trinajstić information content (AvgIpc) is 2.38. The summed E-state index contributed by atoms with van der Waals surface area (Å²) in [6.07, 6.45) is 7.52. The summed E-state index contributed by atoms with van der Waals surface area (Å²) >= 11 is 0. The molecule has 104 valence electrons. The largest absolute Gasteiger partial charge is 0.272 e. The highest BCUT2D eigenvalue weighted by molar-refractivity contribution is 5.76. The fraction of sp³-hybridized carbons (Fsp3) is 0.812. The molecule has 1 aliphatic rings. The zero-order valence-electron chi connectivity index (χ0n) is 13.1. The average molecular weight is 251 g/mol. The number of hydrogen-bond acceptors (Lipinski definition) is 1. The molecule has 0 aromatic carbocycles. The zero-order valence-corrected chi connectivity index (χ0v) is 13.1. The van der Waals surface area contributed by atoms with Crippen LogP contribution in [0.5, 0.6) is 0 Å². The molecule has 1 N–H and O–H groups in total. The van der Waals surface area contributed by atoms with Gasteiger partial charge in [-0.25, -0.2) is 4.58 Å². The van der Waals surface area contributed by atoms with E-state index in [-0.39, 0.29) is 0 Å². The Morgan fingerprint density at radius 3 is 2.50 bits per heavy atom. The van der Waals surface area contributed by atoms with E-state index in [1.807, 2.05) is 0 Å². The lowest BCUT2D eigenvalue weighted by Crippen LogP contribution is -2.41. The first-order valence-electron chi connectivity index (χ1n) is 7.55. The van der Waals surface area contributed by atoms with Gasteiger partial charge in [0.25, 0.3) is 0 Å². The quantitative estimate of drug-likeness (QED) is 0.710. The Morgan fingerprint density at radius 2 is 1.94 bits per heavy atom. The molecule has 0 saturated carbocycles. The Bertz CT molecular complexity index is 328. The van der Waals surface area contributed by atoms with Crippen LogP contribution >= 0.6 is 0 Å². The van der Waals surface area contributed by atoms with Crippen LogP contribution in [-0.4, -0.2) is 23.5 Å². The summed E-state index contributed by atoms with van der Waals surface area (Å²) in [6.45, 7) is 11.4. The van der Waals surface area contributed by atoms with Gasteiger partial charge in [0.2, 0.25) is 5.84 Å². The van der Waals surface area contributed by atoms with Crippen LogP contribution in [0.4, 0.5) is 0 Å². The molecule has 2 heteroatoms. The van der Waals surface area contributed by atoms with Gasteiger partial charge in [-0.1, -0.05) is 40.5 Å². The van der Waals surface area contributed by atoms with E-state index in [1.165, 1.54) is 30.8 Å². The molecule has 0 radical (unpaired) electrons. The molecule has 0 aromatic heterocycles. The van der Waals surface area contributed by atoms with Gasteiger partial charge in [0.1, 0.15) is 11.7 Å². The minimum atomic E-state index is 0.516. The molecule has 1 heterocycles. The SMILES string of the molecule is CCC(C)CCC(C)C1=CC(CC)NC(C)=[N+]1C. The topological polar surface area (TPSA) is 15.0 Å². The second kappa shape index (κ2) is 6.96. The summed E-state index contributed by atoms with van der Waals surface area (Å²) < 4.78 is 2.33. The molecule has 18 heavy (non-hydrogen) atoms. The standard InChI is InChI=1S/C16H30N2/c1-7-12(3)9-10-13(4)16-11-15(8-2)17-14(5)18(16)6/h11-13,15H,7-10H2,1-6H3/p+1. The van der Waals surface area contributed by atoms with E-state index in [2.05, 4.69) is 57.6 Å². The van der Waals surface area contributed by atoms with Gasteiger partial charge in [-0.3, -0.25) is 5.32 Å². The molecule has 3 unspecified atom stereocenters. The molecule has 0 fully saturated rings. The molecule has 0 aromatic rings. The van der Waals surface area contributed by atoms with Crippen LogP contribution < -0.4 is 5.32 Å². The van der Waals surface area contributed by atoms with Crippen LogP contribution in [0.2, 0.25) is 0 Å². The van der Waals surface area contributed by atoms with E-state index in [0.29, 0.717) is 12.0 Å². The summed E-state index contributed by atoms with van der Waals surface area (Å²) in [6, 6.07) is 0.516. The van der Waals surface area contributed by atoms with E-state index in [0.717, 1.165) is 12.3 Å². The number of allylic oxidation sites excluding steroid dienone is 1. The molecule has 1 rings (SSSR count). The molecule has 2 nitrogen and oxygen atoms in total. The van der Waals surface area contributed by atoms with Crippen LogP contribution in [0.15, 0.2) is 11.8 Å². The van der Waals surface area contributed by atoms with Crippen molar-refractivity contribution in [3.63, 3.8) is 0 Å². The minimum Gasteiger partial charge on any atom is -0.272 e. The van der Waals surface area contributed by atoms with Gasteiger partial charge in [0.05, 0.1) is 7.05 Å². The lowest BCUT2D eigenvalue weighted by molar-refractivity contribution is -0.457. The number of hydrogen-bond donors (Lipinski definition) is 1. The van der Waals surface area contributed by atoms with Gasteiger partial charge < -0.3 is 0 Å². The van der Waals surface area contributed by atoms with Crippen molar-refractivity contribution in [1.82, 2.24) is 5.32 Å². The highest BCUT2D eigenvalue weighted by Gasteiger charge is 2.25. The normalized spacial score (nSPS) is 23.4. The van der Waals surface area contributed by atoms with E-state index in [4.69, 9.17) is 0 Å². The first-order chi connectivity index (χ1) is 8.49. The second-order valence-electron chi connectivity index (χ2n) is 5.89. The maximum absolute atomic E-state index is 3.54. The van der Waals surface area contributed by atoms with E-state index >= 15 is 0 Å². The third kappa shape index (κ3) is 3.86. The lowest BCUT2D eigenvalue weighted by atomic mass is 9.92. The fourth-order valence-electron chi connectivity index (χ4n) is 2.52.